The van der Waals surface area contributed by atoms with Crippen LogP contribution in [0.4, 0.5) is 4.79 Å². The Hall–Kier alpha value is -2.57. The minimum atomic E-state index is -1.41. The van der Waals surface area contributed by atoms with E-state index in [1.54, 1.807) is 18.7 Å². The Morgan fingerprint density at radius 3 is 1.94 bits per heavy atom. The highest BCUT2D eigenvalue weighted by atomic mass is 16.6. The summed E-state index contributed by atoms with van der Waals surface area (Å²) in [4.78, 5) is 40.4. The summed E-state index contributed by atoms with van der Waals surface area (Å²) in [5.74, 6) is -1.01. The van der Waals surface area contributed by atoms with Gasteiger partial charge in [0, 0.05) is 13.1 Å². The van der Waals surface area contributed by atoms with E-state index in [-0.39, 0.29) is 31.6 Å². The van der Waals surface area contributed by atoms with Gasteiger partial charge in [-0.25, -0.2) is 4.79 Å². The maximum absolute atomic E-state index is 13.2. The number of esters is 2. The molecule has 0 atom stereocenters. The first kappa shape index (κ1) is 25.7. The van der Waals surface area contributed by atoms with Crippen LogP contribution in [0.5, 0.6) is 0 Å². The molecule has 1 aliphatic heterocycles. The van der Waals surface area contributed by atoms with Gasteiger partial charge in [0.2, 0.25) is 0 Å². The van der Waals surface area contributed by atoms with Crippen LogP contribution in [0.25, 0.3) is 0 Å². The predicted molar refractivity (Wildman–Crippen MR) is 121 cm³/mol. The van der Waals surface area contributed by atoms with Crippen LogP contribution in [-0.4, -0.2) is 54.8 Å². The zero-order valence-corrected chi connectivity index (χ0v) is 20.0. The van der Waals surface area contributed by atoms with E-state index in [2.05, 4.69) is 0 Å². The van der Waals surface area contributed by atoms with Gasteiger partial charge >= 0.3 is 18.0 Å². The van der Waals surface area contributed by atoms with Crippen molar-refractivity contribution in [3.05, 3.63) is 35.9 Å². The molecule has 0 aliphatic carbocycles. The average Bonchev–Trinajstić information content (AvgIpc) is 2.73. The molecule has 1 amide bonds. The SMILES string of the molecule is CCOC(=O)C(Cc1ccccc1)(CC1CCN(C(=O)OC(C)(C)C)CC1)C(=O)OCC. The van der Waals surface area contributed by atoms with Crippen LogP contribution >= 0.6 is 0 Å². The van der Waals surface area contributed by atoms with E-state index < -0.39 is 23.0 Å². The summed E-state index contributed by atoms with van der Waals surface area (Å²) in [7, 11) is 0. The van der Waals surface area contributed by atoms with E-state index in [4.69, 9.17) is 14.2 Å². The summed E-state index contributed by atoms with van der Waals surface area (Å²) in [6.07, 6.45) is 1.56. The number of benzene rings is 1. The highest BCUT2D eigenvalue weighted by Gasteiger charge is 2.50. The van der Waals surface area contributed by atoms with Crippen LogP contribution in [0.3, 0.4) is 0 Å². The molecule has 178 valence electrons. The third-order valence-electron chi connectivity index (χ3n) is 5.58. The topological polar surface area (TPSA) is 82.1 Å². The second-order valence-corrected chi connectivity index (χ2v) is 9.30. The molecule has 1 aliphatic rings. The van der Waals surface area contributed by atoms with Crippen LogP contribution < -0.4 is 0 Å². The average molecular weight is 448 g/mol. The van der Waals surface area contributed by atoms with Crippen molar-refractivity contribution in [3.63, 3.8) is 0 Å². The number of hydrogen-bond acceptors (Lipinski definition) is 6. The van der Waals surface area contributed by atoms with Gasteiger partial charge in [-0.1, -0.05) is 30.3 Å². The smallest absolute Gasteiger partial charge is 0.410 e. The summed E-state index contributed by atoms with van der Waals surface area (Å²) < 4.78 is 16.2. The van der Waals surface area contributed by atoms with Gasteiger partial charge in [-0.2, -0.15) is 0 Å². The summed E-state index contributed by atoms with van der Waals surface area (Å²) in [6.45, 7) is 10.4. The third-order valence-corrected chi connectivity index (χ3v) is 5.58. The maximum atomic E-state index is 13.2. The normalized spacial score (nSPS) is 15.2. The van der Waals surface area contributed by atoms with Gasteiger partial charge in [-0.15, -0.1) is 0 Å². The van der Waals surface area contributed by atoms with Crippen molar-refractivity contribution in [2.45, 2.75) is 65.9 Å². The van der Waals surface area contributed by atoms with E-state index in [1.165, 1.54) is 0 Å². The first-order chi connectivity index (χ1) is 15.1. The molecule has 7 heteroatoms. The standard InChI is InChI=1S/C25H37NO6/c1-6-30-21(27)25(22(28)31-7-2,17-19-11-9-8-10-12-19)18-20-13-15-26(16-14-20)23(29)32-24(3,4)5/h8-12,20H,6-7,13-18H2,1-5H3. The first-order valence-electron chi connectivity index (χ1n) is 11.5. The molecule has 1 fully saturated rings. The van der Waals surface area contributed by atoms with Crippen molar-refractivity contribution < 1.29 is 28.6 Å². The number of carbonyl (C=O) groups excluding carboxylic acids is 3. The Labute approximate surface area is 191 Å². The molecule has 7 nitrogen and oxygen atoms in total. The van der Waals surface area contributed by atoms with Crippen LogP contribution in [0.1, 0.15) is 59.4 Å². The fourth-order valence-corrected chi connectivity index (χ4v) is 4.09. The van der Waals surface area contributed by atoms with Crippen LogP contribution in [0.15, 0.2) is 30.3 Å². The monoisotopic (exact) mass is 447 g/mol. The highest BCUT2D eigenvalue weighted by molar-refractivity contribution is 6.00. The number of hydrogen-bond donors (Lipinski definition) is 0. The molecule has 32 heavy (non-hydrogen) atoms. The van der Waals surface area contributed by atoms with Gasteiger partial charge in [0.15, 0.2) is 5.41 Å². The lowest BCUT2D eigenvalue weighted by molar-refractivity contribution is -0.174. The van der Waals surface area contributed by atoms with E-state index in [0.29, 0.717) is 32.4 Å². The molecule has 0 saturated carbocycles. The number of rotatable bonds is 8. The van der Waals surface area contributed by atoms with Crippen molar-refractivity contribution in [2.75, 3.05) is 26.3 Å². The van der Waals surface area contributed by atoms with Crippen molar-refractivity contribution in [1.29, 1.82) is 0 Å². The quantitative estimate of drug-likeness (QED) is 0.334. The molecule has 0 spiro atoms. The zero-order valence-electron chi connectivity index (χ0n) is 20.0. The maximum Gasteiger partial charge on any atom is 0.410 e. The molecular weight excluding hydrogens is 410 g/mol. The van der Waals surface area contributed by atoms with Crippen molar-refractivity contribution >= 4 is 18.0 Å². The molecule has 0 unspecified atom stereocenters. The van der Waals surface area contributed by atoms with Gasteiger partial charge < -0.3 is 19.1 Å². The summed E-state index contributed by atoms with van der Waals surface area (Å²) in [6, 6.07) is 9.47. The molecule has 0 aromatic heterocycles. The van der Waals surface area contributed by atoms with Crippen molar-refractivity contribution in [1.82, 2.24) is 4.90 Å². The number of piperidine rings is 1. The van der Waals surface area contributed by atoms with Crippen LogP contribution in [-0.2, 0) is 30.2 Å². The number of ether oxygens (including phenoxy) is 3. The van der Waals surface area contributed by atoms with E-state index in [1.807, 2.05) is 51.1 Å². The van der Waals surface area contributed by atoms with Gasteiger partial charge in [-0.05, 0) is 71.8 Å². The summed E-state index contributed by atoms with van der Waals surface area (Å²) in [5, 5.41) is 0. The Morgan fingerprint density at radius 2 is 1.47 bits per heavy atom. The summed E-state index contributed by atoms with van der Waals surface area (Å²) >= 11 is 0. The summed E-state index contributed by atoms with van der Waals surface area (Å²) in [5.41, 5.74) is -1.08. The molecule has 0 N–H and O–H groups in total. The first-order valence-corrected chi connectivity index (χ1v) is 11.5. The molecule has 1 heterocycles. The van der Waals surface area contributed by atoms with Gasteiger partial charge in [0.05, 0.1) is 13.2 Å². The van der Waals surface area contributed by atoms with E-state index >= 15 is 0 Å². The second kappa shape index (κ2) is 11.3. The molecule has 1 saturated heterocycles. The van der Waals surface area contributed by atoms with Crippen LogP contribution in [0.2, 0.25) is 0 Å². The van der Waals surface area contributed by atoms with Gasteiger partial charge in [0.1, 0.15) is 5.60 Å². The van der Waals surface area contributed by atoms with Crippen LogP contribution in [0, 0.1) is 11.3 Å². The van der Waals surface area contributed by atoms with Gasteiger partial charge in [0.25, 0.3) is 0 Å². The van der Waals surface area contributed by atoms with E-state index in [9.17, 15) is 14.4 Å². The van der Waals surface area contributed by atoms with Crippen molar-refractivity contribution in [3.8, 4) is 0 Å². The minimum absolute atomic E-state index is 0.0752. The minimum Gasteiger partial charge on any atom is -0.465 e. The number of nitrogens with zero attached hydrogens (tertiary/aromatic N) is 1. The van der Waals surface area contributed by atoms with E-state index in [0.717, 1.165) is 5.56 Å². The fraction of sp³-hybridized carbons (Fsp3) is 0.640. The van der Waals surface area contributed by atoms with Crippen molar-refractivity contribution in [2.24, 2.45) is 11.3 Å². The fourth-order valence-electron chi connectivity index (χ4n) is 4.09. The molecule has 2 rings (SSSR count). The molecule has 1 aromatic carbocycles. The Bertz CT molecular complexity index is 744. The Balaban J connectivity index is 2.21. The third kappa shape index (κ3) is 6.97. The molecule has 1 aromatic rings. The molecular formula is C25H37NO6. The predicted octanol–water partition coefficient (Wildman–Crippen LogP) is 4.38. The lowest BCUT2D eigenvalue weighted by Gasteiger charge is -2.37. The molecule has 0 radical (unpaired) electrons. The lowest BCUT2D eigenvalue weighted by atomic mass is 9.72. The molecule has 0 bridgehead atoms. The van der Waals surface area contributed by atoms with Gasteiger partial charge in [-0.3, -0.25) is 9.59 Å². The largest absolute Gasteiger partial charge is 0.465 e. The lowest BCUT2D eigenvalue weighted by Crippen LogP contribution is -2.47. The Morgan fingerprint density at radius 1 is 0.938 bits per heavy atom. The second-order valence-electron chi connectivity index (χ2n) is 9.30. The highest BCUT2D eigenvalue weighted by Crippen LogP contribution is 2.38. The number of carbonyl (C=O) groups is 3. The zero-order chi connectivity index (χ0) is 23.8. The number of amides is 1. The Kier molecular flexibility index (Phi) is 9.10. The number of likely N-dealkylation sites (tertiary alicyclic amines) is 1.